The molecule has 1 N–H and O–H groups in total. The highest BCUT2D eigenvalue weighted by Gasteiger charge is 2.15. The van der Waals surface area contributed by atoms with Crippen LogP contribution >= 0.6 is 0 Å². The second-order valence-corrected chi connectivity index (χ2v) is 6.39. The molecule has 28 heavy (non-hydrogen) atoms. The molecule has 4 rings (SSSR count). The van der Waals surface area contributed by atoms with Gasteiger partial charge >= 0.3 is 0 Å². The van der Waals surface area contributed by atoms with Crippen LogP contribution in [0.2, 0.25) is 0 Å². The maximum atomic E-state index is 12.7. The van der Waals surface area contributed by atoms with E-state index in [1.807, 2.05) is 48.5 Å². The summed E-state index contributed by atoms with van der Waals surface area (Å²) >= 11 is 0. The van der Waals surface area contributed by atoms with Crippen LogP contribution in [-0.2, 0) is 0 Å². The SMILES string of the molecule is O=C(NCC(c1ccccc1)c1ccccc1)c1ccc(-n2cnnn2)cc1. The first-order valence-corrected chi connectivity index (χ1v) is 9.03. The Kier molecular flexibility index (Phi) is 5.20. The molecule has 3 aromatic carbocycles. The molecule has 0 bridgehead atoms. The van der Waals surface area contributed by atoms with Crippen molar-refractivity contribution in [2.75, 3.05) is 6.54 Å². The van der Waals surface area contributed by atoms with Crippen LogP contribution in [0.15, 0.2) is 91.3 Å². The molecular weight excluding hydrogens is 350 g/mol. The van der Waals surface area contributed by atoms with Crippen molar-refractivity contribution in [3.63, 3.8) is 0 Å². The first-order chi connectivity index (χ1) is 13.8. The molecule has 0 radical (unpaired) electrons. The number of hydrogen-bond acceptors (Lipinski definition) is 4. The Labute approximate surface area is 162 Å². The van der Waals surface area contributed by atoms with Crippen LogP contribution in [0.1, 0.15) is 27.4 Å². The van der Waals surface area contributed by atoms with Crippen molar-refractivity contribution < 1.29 is 4.79 Å². The van der Waals surface area contributed by atoms with Crippen LogP contribution in [0.5, 0.6) is 0 Å². The van der Waals surface area contributed by atoms with E-state index in [1.54, 1.807) is 16.8 Å². The number of benzene rings is 3. The molecule has 6 heteroatoms. The van der Waals surface area contributed by atoms with Crippen molar-refractivity contribution in [1.29, 1.82) is 0 Å². The van der Waals surface area contributed by atoms with Gasteiger partial charge in [0.15, 0.2) is 0 Å². The quantitative estimate of drug-likeness (QED) is 0.566. The van der Waals surface area contributed by atoms with Gasteiger partial charge < -0.3 is 5.32 Å². The van der Waals surface area contributed by atoms with Gasteiger partial charge in [0.1, 0.15) is 6.33 Å². The Morgan fingerprint density at radius 2 is 1.46 bits per heavy atom. The summed E-state index contributed by atoms with van der Waals surface area (Å²) in [6, 6.07) is 27.6. The van der Waals surface area contributed by atoms with Crippen LogP contribution in [0.25, 0.3) is 5.69 Å². The molecule has 0 fully saturated rings. The summed E-state index contributed by atoms with van der Waals surface area (Å²) in [6.45, 7) is 0.515. The minimum Gasteiger partial charge on any atom is -0.351 e. The summed E-state index contributed by atoms with van der Waals surface area (Å²) in [4.78, 5) is 12.7. The van der Waals surface area contributed by atoms with Gasteiger partial charge in [-0.2, -0.15) is 0 Å². The Bertz CT molecular complexity index is 976. The summed E-state index contributed by atoms with van der Waals surface area (Å²) in [5, 5.41) is 14.1. The standard InChI is InChI=1S/C22H19N5O/c28-22(19-11-13-20(14-12-19)27-16-24-25-26-27)23-15-21(17-7-3-1-4-8-17)18-9-5-2-6-10-18/h1-14,16,21H,15H2,(H,23,28). The highest BCUT2D eigenvalue weighted by molar-refractivity contribution is 5.94. The molecule has 0 spiro atoms. The molecule has 138 valence electrons. The van der Waals surface area contributed by atoms with Gasteiger partial charge in [-0.15, -0.1) is 5.10 Å². The van der Waals surface area contributed by atoms with Gasteiger partial charge in [0.25, 0.3) is 5.91 Å². The predicted octanol–water partition coefficient (Wildman–Crippen LogP) is 3.22. The zero-order valence-corrected chi connectivity index (χ0v) is 15.1. The maximum Gasteiger partial charge on any atom is 0.251 e. The van der Waals surface area contributed by atoms with E-state index in [0.29, 0.717) is 12.1 Å². The number of nitrogens with one attached hydrogen (secondary N) is 1. The van der Waals surface area contributed by atoms with Crippen LogP contribution in [-0.4, -0.2) is 32.7 Å². The number of carbonyl (C=O) groups excluding carboxylic acids is 1. The molecule has 1 heterocycles. The van der Waals surface area contributed by atoms with Crippen LogP contribution in [0, 0.1) is 0 Å². The summed E-state index contributed by atoms with van der Waals surface area (Å²) in [7, 11) is 0. The highest BCUT2D eigenvalue weighted by Crippen LogP contribution is 2.23. The van der Waals surface area contributed by atoms with E-state index >= 15 is 0 Å². The van der Waals surface area contributed by atoms with Gasteiger partial charge in [-0.05, 0) is 45.8 Å². The van der Waals surface area contributed by atoms with Crippen LogP contribution < -0.4 is 5.32 Å². The number of aromatic nitrogens is 4. The average molecular weight is 369 g/mol. The molecule has 1 aromatic heterocycles. The zero-order valence-electron chi connectivity index (χ0n) is 15.1. The van der Waals surface area contributed by atoms with Crippen molar-refractivity contribution in [3.05, 3.63) is 108 Å². The van der Waals surface area contributed by atoms with E-state index in [-0.39, 0.29) is 11.8 Å². The first-order valence-electron chi connectivity index (χ1n) is 9.03. The minimum atomic E-state index is -0.111. The molecule has 1 amide bonds. The minimum absolute atomic E-state index is 0.0897. The van der Waals surface area contributed by atoms with E-state index in [2.05, 4.69) is 45.1 Å². The molecule has 0 saturated carbocycles. The Balaban J connectivity index is 1.48. The number of rotatable bonds is 6. The molecule has 0 atom stereocenters. The summed E-state index contributed by atoms with van der Waals surface area (Å²) in [6.07, 6.45) is 1.51. The van der Waals surface area contributed by atoms with Crippen molar-refractivity contribution in [2.24, 2.45) is 0 Å². The smallest absolute Gasteiger partial charge is 0.251 e. The fourth-order valence-corrected chi connectivity index (χ4v) is 3.14. The fourth-order valence-electron chi connectivity index (χ4n) is 3.14. The number of amides is 1. The lowest BCUT2D eigenvalue weighted by molar-refractivity contribution is 0.0952. The number of nitrogens with zero attached hydrogens (tertiary/aromatic N) is 4. The zero-order chi connectivity index (χ0) is 19.2. The lowest BCUT2D eigenvalue weighted by Crippen LogP contribution is -2.28. The van der Waals surface area contributed by atoms with Gasteiger partial charge in [0, 0.05) is 18.0 Å². The van der Waals surface area contributed by atoms with Gasteiger partial charge in [0.05, 0.1) is 5.69 Å². The van der Waals surface area contributed by atoms with Crippen molar-refractivity contribution in [2.45, 2.75) is 5.92 Å². The maximum absolute atomic E-state index is 12.7. The summed E-state index contributed by atoms with van der Waals surface area (Å²) in [5.74, 6) is -0.0213. The average Bonchev–Trinajstić information content (AvgIpc) is 3.30. The monoisotopic (exact) mass is 369 g/mol. The van der Waals surface area contributed by atoms with Crippen LogP contribution in [0.3, 0.4) is 0 Å². The third kappa shape index (κ3) is 3.96. The van der Waals surface area contributed by atoms with E-state index in [0.717, 1.165) is 5.69 Å². The third-order valence-electron chi connectivity index (χ3n) is 4.61. The molecule has 4 aromatic rings. The summed E-state index contributed by atoms with van der Waals surface area (Å²) in [5.41, 5.74) is 3.73. The molecule has 0 saturated heterocycles. The number of hydrogen-bond donors (Lipinski definition) is 1. The predicted molar refractivity (Wildman–Crippen MR) is 106 cm³/mol. The van der Waals surface area contributed by atoms with E-state index in [4.69, 9.17) is 0 Å². The van der Waals surface area contributed by atoms with E-state index in [1.165, 1.54) is 17.5 Å². The second kappa shape index (κ2) is 8.26. The van der Waals surface area contributed by atoms with Crippen molar-refractivity contribution in [3.8, 4) is 5.69 Å². The topological polar surface area (TPSA) is 72.7 Å². The highest BCUT2D eigenvalue weighted by atomic mass is 16.1. The van der Waals surface area contributed by atoms with Crippen molar-refractivity contribution in [1.82, 2.24) is 25.5 Å². The van der Waals surface area contributed by atoms with Gasteiger partial charge in [-0.1, -0.05) is 60.7 Å². The Morgan fingerprint density at radius 3 is 2.00 bits per heavy atom. The molecule has 0 unspecified atom stereocenters. The van der Waals surface area contributed by atoms with Gasteiger partial charge in [0.2, 0.25) is 0 Å². The first kappa shape index (κ1) is 17.6. The third-order valence-corrected chi connectivity index (χ3v) is 4.61. The molecular formula is C22H19N5O. The number of tetrazole rings is 1. The normalized spacial score (nSPS) is 10.8. The Hall–Kier alpha value is -3.80. The number of carbonyl (C=O) groups is 1. The van der Waals surface area contributed by atoms with Crippen LogP contribution in [0.4, 0.5) is 0 Å². The van der Waals surface area contributed by atoms with Crippen molar-refractivity contribution >= 4 is 5.91 Å². The summed E-state index contributed by atoms with van der Waals surface area (Å²) < 4.78 is 1.54. The molecule has 0 aliphatic carbocycles. The van der Waals surface area contributed by atoms with E-state index < -0.39 is 0 Å². The van der Waals surface area contributed by atoms with E-state index in [9.17, 15) is 4.79 Å². The Morgan fingerprint density at radius 1 is 0.857 bits per heavy atom. The van der Waals surface area contributed by atoms with Gasteiger partial charge in [-0.3, -0.25) is 4.79 Å². The van der Waals surface area contributed by atoms with Gasteiger partial charge in [-0.25, -0.2) is 4.68 Å². The molecule has 6 nitrogen and oxygen atoms in total. The largest absolute Gasteiger partial charge is 0.351 e. The lowest BCUT2D eigenvalue weighted by Gasteiger charge is -2.19. The molecule has 0 aliphatic rings. The second-order valence-electron chi connectivity index (χ2n) is 6.39. The fraction of sp³-hybridized carbons (Fsp3) is 0.0909. The lowest BCUT2D eigenvalue weighted by atomic mass is 9.91. The molecule has 0 aliphatic heterocycles.